The molecule has 0 spiro atoms. The molecule has 0 unspecified atom stereocenters. The van der Waals surface area contributed by atoms with Gasteiger partial charge in [0.15, 0.2) is 0 Å². The molecule has 0 aliphatic heterocycles. The van der Waals surface area contributed by atoms with Crippen LogP contribution >= 0.6 is 0 Å². The van der Waals surface area contributed by atoms with Crippen LogP contribution in [-0.2, 0) is 0 Å². The van der Waals surface area contributed by atoms with E-state index in [2.05, 4.69) is 0 Å². The van der Waals surface area contributed by atoms with Crippen molar-refractivity contribution in [1.29, 1.82) is 10.5 Å². The lowest BCUT2D eigenvalue weighted by Gasteiger charge is -1.98. The Hall–Kier alpha value is -1.87. The van der Waals surface area contributed by atoms with Crippen molar-refractivity contribution in [1.82, 2.24) is 0 Å². The summed E-state index contributed by atoms with van der Waals surface area (Å²) in [6.07, 6.45) is 0. The Morgan fingerprint density at radius 2 is 1.92 bits per heavy atom. The van der Waals surface area contributed by atoms with Crippen molar-refractivity contribution in [2.75, 3.05) is 0 Å². The van der Waals surface area contributed by atoms with Gasteiger partial charge in [0.25, 0.3) is 0 Å². The summed E-state index contributed by atoms with van der Waals surface area (Å²) < 4.78 is 12.9. The Labute approximate surface area is 69.5 Å². The van der Waals surface area contributed by atoms with Gasteiger partial charge in [0.2, 0.25) is 0 Å². The normalized spacial score (nSPS) is 8.67. The SMILES string of the molecule is Cc1c(F)cc(C#N)cc1C#N. The van der Waals surface area contributed by atoms with Crippen molar-refractivity contribution in [3.05, 3.63) is 34.6 Å². The first-order chi connectivity index (χ1) is 5.69. The van der Waals surface area contributed by atoms with E-state index in [-0.39, 0.29) is 16.7 Å². The van der Waals surface area contributed by atoms with Crippen molar-refractivity contribution in [3.8, 4) is 12.1 Å². The molecule has 12 heavy (non-hydrogen) atoms. The lowest BCUT2D eigenvalue weighted by molar-refractivity contribution is 0.617. The molecule has 1 aromatic rings. The summed E-state index contributed by atoms with van der Waals surface area (Å²) in [4.78, 5) is 0. The van der Waals surface area contributed by atoms with Crippen LogP contribution in [0.25, 0.3) is 0 Å². The summed E-state index contributed by atoms with van der Waals surface area (Å²) in [5.41, 5.74) is 0.678. The van der Waals surface area contributed by atoms with Crippen LogP contribution in [0.3, 0.4) is 0 Å². The smallest absolute Gasteiger partial charge is 0.128 e. The molecule has 0 aliphatic rings. The average Bonchev–Trinajstić information content (AvgIpc) is 2.09. The molecule has 1 aromatic carbocycles. The molecule has 0 atom stereocenters. The third-order valence-corrected chi connectivity index (χ3v) is 1.59. The highest BCUT2D eigenvalue weighted by atomic mass is 19.1. The van der Waals surface area contributed by atoms with Crippen LogP contribution in [0, 0.1) is 35.4 Å². The van der Waals surface area contributed by atoms with E-state index in [1.807, 2.05) is 6.07 Å². The van der Waals surface area contributed by atoms with Gasteiger partial charge < -0.3 is 0 Å². The third-order valence-electron chi connectivity index (χ3n) is 1.59. The van der Waals surface area contributed by atoms with E-state index in [1.165, 1.54) is 13.0 Å². The molecule has 58 valence electrons. The minimum atomic E-state index is -0.509. The van der Waals surface area contributed by atoms with Crippen LogP contribution in [-0.4, -0.2) is 0 Å². The van der Waals surface area contributed by atoms with Gasteiger partial charge in [-0.15, -0.1) is 0 Å². The van der Waals surface area contributed by atoms with Gasteiger partial charge in [-0.05, 0) is 19.1 Å². The fourth-order valence-electron chi connectivity index (χ4n) is 0.860. The third kappa shape index (κ3) is 1.26. The molecule has 0 bridgehead atoms. The largest absolute Gasteiger partial charge is 0.207 e. The van der Waals surface area contributed by atoms with E-state index in [0.717, 1.165) is 6.07 Å². The van der Waals surface area contributed by atoms with E-state index in [1.54, 1.807) is 6.07 Å². The van der Waals surface area contributed by atoms with Crippen molar-refractivity contribution in [2.45, 2.75) is 6.92 Å². The van der Waals surface area contributed by atoms with E-state index in [4.69, 9.17) is 10.5 Å². The van der Waals surface area contributed by atoms with Crippen molar-refractivity contribution < 1.29 is 4.39 Å². The first-order valence-corrected chi connectivity index (χ1v) is 3.29. The number of rotatable bonds is 0. The molecule has 0 heterocycles. The number of halogens is 1. The van der Waals surface area contributed by atoms with Crippen molar-refractivity contribution in [2.24, 2.45) is 0 Å². The van der Waals surface area contributed by atoms with Gasteiger partial charge >= 0.3 is 0 Å². The zero-order valence-electron chi connectivity index (χ0n) is 6.43. The molecule has 0 amide bonds. The van der Waals surface area contributed by atoms with Crippen molar-refractivity contribution in [3.63, 3.8) is 0 Å². The fraction of sp³-hybridized carbons (Fsp3) is 0.111. The van der Waals surface area contributed by atoms with Crippen LogP contribution in [0.2, 0.25) is 0 Å². The zero-order chi connectivity index (χ0) is 9.14. The summed E-state index contributed by atoms with van der Waals surface area (Å²) in [5.74, 6) is -0.509. The van der Waals surface area contributed by atoms with Gasteiger partial charge in [-0.25, -0.2) is 4.39 Å². The summed E-state index contributed by atoms with van der Waals surface area (Å²) in [6.45, 7) is 1.51. The lowest BCUT2D eigenvalue weighted by atomic mass is 10.1. The van der Waals surface area contributed by atoms with E-state index >= 15 is 0 Å². The highest BCUT2D eigenvalue weighted by Gasteiger charge is 2.05. The topological polar surface area (TPSA) is 47.6 Å². The first-order valence-electron chi connectivity index (χ1n) is 3.29. The van der Waals surface area contributed by atoms with Gasteiger partial charge in [0.1, 0.15) is 5.82 Å². The maximum Gasteiger partial charge on any atom is 0.128 e. The average molecular weight is 160 g/mol. The van der Waals surface area contributed by atoms with E-state index < -0.39 is 5.82 Å². The maximum absolute atomic E-state index is 12.9. The molecule has 0 radical (unpaired) electrons. The minimum Gasteiger partial charge on any atom is -0.207 e. The Morgan fingerprint density at radius 1 is 1.25 bits per heavy atom. The zero-order valence-corrected chi connectivity index (χ0v) is 6.43. The Morgan fingerprint density at radius 3 is 2.42 bits per heavy atom. The molecule has 0 N–H and O–H groups in total. The highest BCUT2D eigenvalue weighted by Crippen LogP contribution is 2.13. The molecule has 0 aliphatic carbocycles. The van der Waals surface area contributed by atoms with Crippen LogP contribution in [0.1, 0.15) is 16.7 Å². The summed E-state index contributed by atoms with van der Waals surface area (Å²) in [7, 11) is 0. The molecular formula is C9H5FN2. The molecule has 1 rings (SSSR count). The first kappa shape index (κ1) is 8.23. The second kappa shape index (κ2) is 3.02. The number of hydrogen-bond donors (Lipinski definition) is 0. The van der Waals surface area contributed by atoms with Gasteiger partial charge in [-0.2, -0.15) is 10.5 Å². The predicted molar refractivity (Wildman–Crippen MR) is 40.6 cm³/mol. The van der Waals surface area contributed by atoms with Crippen molar-refractivity contribution >= 4 is 0 Å². The number of benzene rings is 1. The summed E-state index contributed by atoms with van der Waals surface area (Å²) in [6, 6.07) is 6.09. The quantitative estimate of drug-likeness (QED) is 0.581. The maximum atomic E-state index is 12.9. The minimum absolute atomic E-state index is 0.176. The lowest BCUT2D eigenvalue weighted by Crippen LogP contribution is -1.90. The molecule has 0 fully saturated rings. The second-order valence-corrected chi connectivity index (χ2v) is 2.35. The standard InChI is InChI=1S/C9H5FN2/c1-6-8(5-12)2-7(4-11)3-9(6)10/h2-3H,1H3. The monoisotopic (exact) mass is 160 g/mol. The Balaban J connectivity index is 3.44. The van der Waals surface area contributed by atoms with Crippen LogP contribution in [0.15, 0.2) is 12.1 Å². The fourth-order valence-corrected chi connectivity index (χ4v) is 0.860. The van der Waals surface area contributed by atoms with E-state index in [0.29, 0.717) is 0 Å². The number of nitrogens with zero attached hydrogens (tertiary/aromatic N) is 2. The summed E-state index contributed by atoms with van der Waals surface area (Å²) in [5, 5.41) is 17.0. The van der Waals surface area contributed by atoms with Crippen LogP contribution in [0.5, 0.6) is 0 Å². The van der Waals surface area contributed by atoms with Gasteiger partial charge in [-0.3, -0.25) is 0 Å². The molecule has 0 saturated heterocycles. The van der Waals surface area contributed by atoms with Crippen LogP contribution in [0.4, 0.5) is 4.39 Å². The molecule has 0 saturated carbocycles. The molecule has 0 aromatic heterocycles. The van der Waals surface area contributed by atoms with Crippen LogP contribution < -0.4 is 0 Å². The van der Waals surface area contributed by atoms with Gasteiger partial charge in [-0.1, -0.05) is 0 Å². The number of nitriles is 2. The Kier molecular flexibility index (Phi) is 2.07. The second-order valence-electron chi connectivity index (χ2n) is 2.35. The summed E-state index contributed by atoms with van der Waals surface area (Å²) >= 11 is 0. The van der Waals surface area contributed by atoms with Gasteiger partial charge in [0, 0.05) is 5.56 Å². The molecule has 2 nitrogen and oxygen atoms in total. The van der Waals surface area contributed by atoms with E-state index in [9.17, 15) is 4.39 Å². The highest BCUT2D eigenvalue weighted by molar-refractivity contribution is 5.44. The molecular weight excluding hydrogens is 155 g/mol. The predicted octanol–water partition coefficient (Wildman–Crippen LogP) is 1.88. The molecule has 3 heteroatoms. The Bertz CT molecular complexity index is 396. The van der Waals surface area contributed by atoms with Gasteiger partial charge in [0.05, 0.1) is 23.3 Å². The number of hydrogen-bond acceptors (Lipinski definition) is 2.